The highest BCUT2D eigenvalue weighted by atomic mass is 32.2. The highest BCUT2D eigenvalue weighted by Crippen LogP contribution is 2.03. The molecule has 1 aliphatic rings. The Morgan fingerprint density at radius 2 is 2.17 bits per heavy atom. The Morgan fingerprint density at radius 1 is 1.50 bits per heavy atom. The van der Waals surface area contributed by atoms with Crippen LogP contribution in [0.4, 0.5) is 0 Å². The first-order chi connectivity index (χ1) is 5.79. The molecule has 0 unspecified atom stereocenters. The summed E-state index contributed by atoms with van der Waals surface area (Å²) in [4.78, 5) is 12.9. The van der Waals surface area contributed by atoms with Crippen LogP contribution >= 0.6 is 11.8 Å². The minimum Gasteiger partial charge on any atom is -0.379 e. The maximum atomic E-state index is 10.6. The van der Waals surface area contributed by atoms with Gasteiger partial charge >= 0.3 is 0 Å². The fourth-order valence-electron chi connectivity index (χ4n) is 1.14. The lowest BCUT2D eigenvalue weighted by Crippen LogP contribution is -2.37. The SMILES string of the molecule is CC(=O)SCCN1CCOCC1. The van der Waals surface area contributed by atoms with Gasteiger partial charge in [0.1, 0.15) is 0 Å². The van der Waals surface area contributed by atoms with E-state index in [2.05, 4.69) is 4.90 Å². The van der Waals surface area contributed by atoms with Crippen molar-refractivity contribution in [1.82, 2.24) is 4.90 Å². The van der Waals surface area contributed by atoms with E-state index in [0.717, 1.165) is 38.6 Å². The number of morpholine rings is 1. The number of carbonyl (C=O) groups is 1. The average Bonchev–Trinajstić information content (AvgIpc) is 2.05. The summed E-state index contributed by atoms with van der Waals surface area (Å²) < 4.78 is 5.21. The van der Waals surface area contributed by atoms with E-state index >= 15 is 0 Å². The van der Waals surface area contributed by atoms with Gasteiger partial charge in [0.05, 0.1) is 13.2 Å². The molecule has 1 aliphatic heterocycles. The molecule has 70 valence electrons. The summed E-state index contributed by atoms with van der Waals surface area (Å²) in [6, 6.07) is 0. The fraction of sp³-hybridized carbons (Fsp3) is 0.875. The number of thioether (sulfide) groups is 1. The molecule has 3 nitrogen and oxygen atoms in total. The molecule has 1 fully saturated rings. The Bertz CT molecular complexity index is 146. The first-order valence-electron chi connectivity index (χ1n) is 4.22. The van der Waals surface area contributed by atoms with Crippen molar-refractivity contribution < 1.29 is 9.53 Å². The highest BCUT2D eigenvalue weighted by molar-refractivity contribution is 8.13. The van der Waals surface area contributed by atoms with E-state index in [0.29, 0.717) is 0 Å². The summed E-state index contributed by atoms with van der Waals surface area (Å²) in [6.45, 7) is 6.32. The minimum absolute atomic E-state index is 0.211. The third-order valence-corrected chi connectivity index (χ3v) is 2.61. The lowest BCUT2D eigenvalue weighted by molar-refractivity contribution is -0.109. The van der Waals surface area contributed by atoms with Gasteiger partial charge in [-0.25, -0.2) is 0 Å². The van der Waals surface area contributed by atoms with Crippen molar-refractivity contribution in [3.63, 3.8) is 0 Å². The summed E-state index contributed by atoms with van der Waals surface area (Å²) >= 11 is 1.40. The van der Waals surface area contributed by atoms with Crippen LogP contribution in [0.25, 0.3) is 0 Å². The fourth-order valence-corrected chi connectivity index (χ4v) is 1.78. The summed E-state index contributed by atoms with van der Waals surface area (Å²) in [6.07, 6.45) is 0. The Balaban J connectivity index is 2.01. The van der Waals surface area contributed by atoms with E-state index in [-0.39, 0.29) is 5.12 Å². The van der Waals surface area contributed by atoms with Crippen molar-refractivity contribution in [3.05, 3.63) is 0 Å². The monoisotopic (exact) mass is 189 g/mol. The van der Waals surface area contributed by atoms with Gasteiger partial charge in [0.25, 0.3) is 0 Å². The Labute approximate surface area is 77.4 Å². The molecule has 1 saturated heterocycles. The molecule has 0 amide bonds. The van der Waals surface area contributed by atoms with Crippen LogP contribution in [0.5, 0.6) is 0 Å². The molecule has 0 aliphatic carbocycles. The van der Waals surface area contributed by atoms with Crippen molar-refractivity contribution in [3.8, 4) is 0 Å². The van der Waals surface area contributed by atoms with Crippen LogP contribution in [-0.4, -0.2) is 48.6 Å². The first kappa shape index (κ1) is 10.0. The summed E-state index contributed by atoms with van der Waals surface area (Å²) in [5.41, 5.74) is 0. The zero-order valence-electron chi connectivity index (χ0n) is 7.41. The Kier molecular flexibility index (Phi) is 4.65. The Morgan fingerprint density at radius 3 is 2.75 bits per heavy atom. The van der Waals surface area contributed by atoms with Gasteiger partial charge in [-0.05, 0) is 0 Å². The third kappa shape index (κ3) is 4.09. The highest BCUT2D eigenvalue weighted by Gasteiger charge is 2.09. The van der Waals surface area contributed by atoms with E-state index in [1.807, 2.05) is 0 Å². The molecule has 1 rings (SSSR count). The number of hydrogen-bond donors (Lipinski definition) is 0. The lowest BCUT2D eigenvalue weighted by Gasteiger charge is -2.25. The molecule has 0 atom stereocenters. The lowest BCUT2D eigenvalue weighted by atomic mass is 10.4. The van der Waals surface area contributed by atoms with E-state index in [4.69, 9.17) is 4.74 Å². The molecule has 12 heavy (non-hydrogen) atoms. The van der Waals surface area contributed by atoms with Crippen LogP contribution in [0.3, 0.4) is 0 Å². The largest absolute Gasteiger partial charge is 0.379 e. The summed E-state index contributed by atoms with van der Waals surface area (Å²) in [5, 5.41) is 0.211. The summed E-state index contributed by atoms with van der Waals surface area (Å²) in [5.74, 6) is 0.912. The summed E-state index contributed by atoms with van der Waals surface area (Å²) in [7, 11) is 0. The van der Waals surface area contributed by atoms with E-state index in [1.165, 1.54) is 11.8 Å². The minimum atomic E-state index is 0.211. The normalized spacial score (nSPS) is 19.4. The number of rotatable bonds is 3. The second-order valence-corrected chi connectivity index (χ2v) is 4.07. The van der Waals surface area contributed by atoms with Crippen molar-refractivity contribution in [1.29, 1.82) is 0 Å². The molecular formula is C8H15NO2S. The van der Waals surface area contributed by atoms with Gasteiger partial charge in [0.15, 0.2) is 5.12 Å². The standard InChI is InChI=1S/C8H15NO2S/c1-8(10)12-7-4-9-2-5-11-6-3-9/h2-7H2,1H3. The predicted molar refractivity (Wildman–Crippen MR) is 50.4 cm³/mol. The van der Waals surface area contributed by atoms with Crippen LogP contribution in [0.1, 0.15) is 6.92 Å². The van der Waals surface area contributed by atoms with Gasteiger partial charge in [-0.15, -0.1) is 0 Å². The number of ether oxygens (including phenoxy) is 1. The first-order valence-corrected chi connectivity index (χ1v) is 5.21. The molecule has 1 heterocycles. The molecule has 0 aromatic heterocycles. The topological polar surface area (TPSA) is 29.5 Å². The molecule has 0 spiro atoms. The number of nitrogens with zero attached hydrogens (tertiary/aromatic N) is 1. The maximum Gasteiger partial charge on any atom is 0.185 e. The van der Waals surface area contributed by atoms with E-state index in [1.54, 1.807) is 6.92 Å². The van der Waals surface area contributed by atoms with Crippen molar-refractivity contribution in [2.75, 3.05) is 38.6 Å². The number of carbonyl (C=O) groups excluding carboxylic acids is 1. The molecule has 0 aromatic rings. The molecule has 4 heteroatoms. The number of hydrogen-bond acceptors (Lipinski definition) is 4. The van der Waals surface area contributed by atoms with Crippen LogP contribution in [-0.2, 0) is 9.53 Å². The van der Waals surface area contributed by atoms with Crippen molar-refractivity contribution in [2.45, 2.75) is 6.92 Å². The molecule has 0 N–H and O–H groups in total. The van der Waals surface area contributed by atoms with E-state index in [9.17, 15) is 4.79 Å². The quantitative estimate of drug-likeness (QED) is 0.650. The molecule has 0 bridgehead atoms. The van der Waals surface area contributed by atoms with Crippen LogP contribution < -0.4 is 0 Å². The maximum absolute atomic E-state index is 10.6. The molecule has 0 radical (unpaired) electrons. The van der Waals surface area contributed by atoms with Crippen LogP contribution in [0.15, 0.2) is 0 Å². The molecule has 0 aromatic carbocycles. The zero-order chi connectivity index (χ0) is 8.81. The third-order valence-electron chi connectivity index (χ3n) is 1.82. The van der Waals surface area contributed by atoms with Crippen LogP contribution in [0, 0.1) is 0 Å². The molecule has 0 saturated carbocycles. The van der Waals surface area contributed by atoms with Gasteiger partial charge in [-0.3, -0.25) is 9.69 Å². The second-order valence-electron chi connectivity index (χ2n) is 2.79. The second kappa shape index (κ2) is 5.56. The van der Waals surface area contributed by atoms with Crippen LogP contribution in [0.2, 0.25) is 0 Å². The van der Waals surface area contributed by atoms with Gasteiger partial charge in [0, 0.05) is 32.3 Å². The van der Waals surface area contributed by atoms with Gasteiger partial charge in [-0.1, -0.05) is 11.8 Å². The Hall–Kier alpha value is -0.0600. The van der Waals surface area contributed by atoms with Crippen molar-refractivity contribution in [2.24, 2.45) is 0 Å². The average molecular weight is 189 g/mol. The van der Waals surface area contributed by atoms with Gasteiger partial charge in [-0.2, -0.15) is 0 Å². The van der Waals surface area contributed by atoms with E-state index < -0.39 is 0 Å². The predicted octanol–water partition coefficient (Wildman–Crippen LogP) is 0.598. The zero-order valence-corrected chi connectivity index (χ0v) is 8.23. The van der Waals surface area contributed by atoms with Gasteiger partial charge in [0.2, 0.25) is 0 Å². The smallest absolute Gasteiger partial charge is 0.185 e. The van der Waals surface area contributed by atoms with Crippen molar-refractivity contribution >= 4 is 16.9 Å². The molecular weight excluding hydrogens is 174 g/mol. The van der Waals surface area contributed by atoms with Gasteiger partial charge < -0.3 is 4.74 Å².